The summed E-state index contributed by atoms with van der Waals surface area (Å²) >= 11 is 0. The third-order valence-electron chi connectivity index (χ3n) is 4.12. The molecular formula is C16H22N2O. The van der Waals surface area contributed by atoms with Gasteiger partial charge in [0.05, 0.1) is 5.54 Å². The van der Waals surface area contributed by atoms with Crippen LogP contribution < -0.4 is 0 Å². The average molecular weight is 258 g/mol. The molecule has 2 unspecified atom stereocenters. The van der Waals surface area contributed by atoms with Gasteiger partial charge in [-0.25, -0.2) is 4.99 Å². The van der Waals surface area contributed by atoms with Crippen LogP contribution in [0.2, 0.25) is 0 Å². The Hall–Kier alpha value is -1.35. The van der Waals surface area contributed by atoms with Crippen molar-refractivity contribution in [2.24, 2.45) is 4.99 Å². The summed E-state index contributed by atoms with van der Waals surface area (Å²) in [5.74, 6) is 0.955. The van der Waals surface area contributed by atoms with E-state index in [2.05, 4.69) is 56.0 Å². The summed E-state index contributed by atoms with van der Waals surface area (Å²) in [5.41, 5.74) is 1.36. The molecule has 0 aliphatic carbocycles. The molecule has 102 valence electrons. The Morgan fingerprint density at radius 1 is 1.26 bits per heavy atom. The van der Waals surface area contributed by atoms with Gasteiger partial charge in [-0.2, -0.15) is 0 Å². The van der Waals surface area contributed by atoms with Gasteiger partial charge in [-0.15, -0.1) is 0 Å². The van der Waals surface area contributed by atoms with Crippen LogP contribution in [-0.4, -0.2) is 35.0 Å². The van der Waals surface area contributed by atoms with Crippen LogP contribution in [0.15, 0.2) is 35.3 Å². The summed E-state index contributed by atoms with van der Waals surface area (Å²) in [5, 5.41) is 0. The van der Waals surface area contributed by atoms with Crippen molar-refractivity contribution < 1.29 is 4.74 Å². The van der Waals surface area contributed by atoms with Crippen molar-refractivity contribution >= 4 is 5.90 Å². The maximum absolute atomic E-state index is 5.86. The molecule has 0 amide bonds. The van der Waals surface area contributed by atoms with Gasteiger partial charge in [0.25, 0.3) is 0 Å². The Morgan fingerprint density at radius 2 is 2.00 bits per heavy atom. The van der Waals surface area contributed by atoms with Gasteiger partial charge < -0.3 is 4.74 Å². The predicted molar refractivity (Wildman–Crippen MR) is 77.3 cm³/mol. The minimum atomic E-state index is -0.0570. The lowest BCUT2D eigenvalue weighted by molar-refractivity contribution is 0.260. The van der Waals surface area contributed by atoms with Crippen molar-refractivity contribution in [3.05, 3.63) is 35.9 Å². The minimum absolute atomic E-state index is 0.0570. The molecule has 1 aromatic carbocycles. The number of nitrogens with zero attached hydrogens (tertiary/aromatic N) is 2. The van der Waals surface area contributed by atoms with Crippen LogP contribution in [0.4, 0.5) is 0 Å². The van der Waals surface area contributed by atoms with Gasteiger partial charge in [0.15, 0.2) is 0 Å². The zero-order valence-corrected chi connectivity index (χ0v) is 12.0. The van der Waals surface area contributed by atoms with E-state index in [1.165, 1.54) is 5.56 Å². The molecule has 0 spiro atoms. The molecule has 0 radical (unpaired) electrons. The van der Waals surface area contributed by atoms with Crippen molar-refractivity contribution in [1.29, 1.82) is 0 Å². The summed E-state index contributed by atoms with van der Waals surface area (Å²) in [6.45, 7) is 9.25. The summed E-state index contributed by atoms with van der Waals surface area (Å²) < 4.78 is 5.86. The second-order valence-electron chi connectivity index (χ2n) is 6.24. The molecule has 0 N–H and O–H groups in total. The minimum Gasteiger partial charge on any atom is -0.477 e. The van der Waals surface area contributed by atoms with E-state index in [1.807, 2.05) is 0 Å². The number of ether oxygens (including phenoxy) is 1. The first kappa shape index (κ1) is 12.7. The number of aliphatic imine (C=N–C) groups is 1. The largest absolute Gasteiger partial charge is 0.477 e. The Bertz CT molecular complexity index is 495. The van der Waals surface area contributed by atoms with E-state index < -0.39 is 0 Å². The SMILES string of the molecule is CCC1(C2=NC(C)(C)CO2)CN1Cc1ccccc1. The fourth-order valence-corrected chi connectivity index (χ4v) is 2.80. The first-order valence-electron chi connectivity index (χ1n) is 7.08. The smallest absolute Gasteiger partial charge is 0.206 e. The van der Waals surface area contributed by atoms with Crippen LogP contribution in [-0.2, 0) is 11.3 Å². The molecule has 1 fully saturated rings. The second-order valence-corrected chi connectivity index (χ2v) is 6.24. The lowest BCUT2D eigenvalue weighted by Gasteiger charge is -2.15. The van der Waals surface area contributed by atoms with Gasteiger partial charge in [-0.3, -0.25) is 4.90 Å². The normalized spacial score (nSPS) is 31.7. The van der Waals surface area contributed by atoms with Crippen molar-refractivity contribution in [3.63, 3.8) is 0 Å². The third kappa shape index (κ3) is 2.27. The lowest BCUT2D eigenvalue weighted by atomic mass is 10.1. The number of hydrogen-bond acceptors (Lipinski definition) is 3. The van der Waals surface area contributed by atoms with Crippen molar-refractivity contribution in [1.82, 2.24) is 4.90 Å². The number of hydrogen-bond donors (Lipinski definition) is 0. The molecule has 2 aliphatic rings. The molecule has 0 saturated carbocycles. The van der Waals surface area contributed by atoms with Gasteiger partial charge in [0.1, 0.15) is 12.1 Å². The molecular weight excluding hydrogens is 236 g/mol. The van der Waals surface area contributed by atoms with E-state index in [-0.39, 0.29) is 11.1 Å². The lowest BCUT2D eigenvalue weighted by Crippen LogP contribution is -2.29. The van der Waals surface area contributed by atoms with E-state index in [4.69, 9.17) is 9.73 Å². The molecule has 0 bridgehead atoms. The number of rotatable bonds is 4. The molecule has 1 aromatic rings. The van der Waals surface area contributed by atoms with Crippen molar-refractivity contribution in [3.8, 4) is 0 Å². The van der Waals surface area contributed by atoms with Gasteiger partial charge in [-0.05, 0) is 25.8 Å². The van der Waals surface area contributed by atoms with Gasteiger partial charge in [0, 0.05) is 13.1 Å². The molecule has 1 saturated heterocycles. The van der Waals surface area contributed by atoms with Crippen LogP contribution in [0.25, 0.3) is 0 Å². The summed E-state index contributed by atoms with van der Waals surface area (Å²) in [4.78, 5) is 7.23. The maximum atomic E-state index is 5.86. The third-order valence-corrected chi connectivity index (χ3v) is 4.12. The first-order chi connectivity index (χ1) is 9.06. The van der Waals surface area contributed by atoms with E-state index in [1.54, 1.807) is 0 Å². The second kappa shape index (κ2) is 4.34. The van der Waals surface area contributed by atoms with Crippen molar-refractivity contribution in [2.75, 3.05) is 13.2 Å². The molecule has 0 aromatic heterocycles. The monoisotopic (exact) mass is 258 g/mol. The van der Waals surface area contributed by atoms with Gasteiger partial charge in [0.2, 0.25) is 5.90 Å². The van der Waals surface area contributed by atoms with Gasteiger partial charge >= 0.3 is 0 Å². The summed E-state index contributed by atoms with van der Waals surface area (Å²) in [6, 6.07) is 10.6. The summed E-state index contributed by atoms with van der Waals surface area (Å²) in [7, 11) is 0. The molecule has 3 rings (SSSR count). The van der Waals surface area contributed by atoms with E-state index in [0.29, 0.717) is 6.61 Å². The molecule has 3 nitrogen and oxygen atoms in total. The van der Waals surface area contributed by atoms with E-state index in [9.17, 15) is 0 Å². The highest BCUT2D eigenvalue weighted by molar-refractivity contribution is 5.91. The standard InChI is InChI=1S/C16H22N2O/c1-4-16(14-17-15(2,3)12-19-14)11-18(16)10-13-8-6-5-7-9-13/h5-9H,4,10-12H2,1-3H3. The average Bonchev–Trinajstić information content (AvgIpc) is 2.98. The zero-order chi connectivity index (χ0) is 13.5. The first-order valence-corrected chi connectivity index (χ1v) is 7.08. The van der Waals surface area contributed by atoms with Crippen LogP contribution in [0.3, 0.4) is 0 Å². The molecule has 2 aliphatic heterocycles. The van der Waals surface area contributed by atoms with Gasteiger partial charge in [-0.1, -0.05) is 37.3 Å². The van der Waals surface area contributed by atoms with Crippen LogP contribution in [0.5, 0.6) is 0 Å². The zero-order valence-electron chi connectivity index (χ0n) is 12.0. The van der Waals surface area contributed by atoms with Crippen LogP contribution in [0.1, 0.15) is 32.8 Å². The van der Waals surface area contributed by atoms with Crippen LogP contribution >= 0.6 is 0 Å². The molecule has 2 atom stereocenters. The quantitative estimate of drug-likeness (QED) is 0.776. The highest BCUT2D eigenvalue weighted by atomic mass is 16.5. The van der Waals surface area contributed by atoms with E-state index >= 15 is 0 Å². The Kier molecular flexibility index (Phi) is 2.90. The highest BCUT2D eigenvalue weighted by Gasteiger charge is 2.57. The molecule has 19 heavy (non-hydrogen) atoms. The number of benzene rings is 1. The predicted octanol–water partition coefficient (Wildman–Crippen LogP) is 2.86. The Morgan fingerprint density at radius 3 is 2.58 bits per heavy atom. The fourth-order valence-electron chi connectivity index (χ4n) is 2.80. The summed E-state index contributed by atoms with van der Waals surface area (Å²) in [6.07, 6.45) is 1.06. The molecule has 2 heterocycles. The van der Waals surface area contributed by atoms with E-state index in [0.717, 1.165) is 25.4 Å². The van der Waals surface area contributed by atoms with Crippen molar-refractivity contribution in [2.45, 2.75) is 44.8 Å². The Labute approximate surface area is 115 Å². The maximum Gasteiger partial charge on any atom is 0.206 e. The van der Waals surface area contributed by atoms with Crippen LogP contribution in [0, 0.1) is 0 Å². The molecule has 3 heteroatoms. The highest BCUT2D eigenvalue weighted by Crippen LogP contribution is 2.41. The Balaban J connectivity index is 1.74. The fraction of sp³-hybridized carbons (Fsp3) is 0.562. The topological polar surface area (TPSA) is 24.6 Å².